The third-order valence-corrected chi connectivity index (χ3v) is 2.83. The number of methoxy groups -OCH3 is 1. The Morgan fingerprint density at radius 2 is 2.19 bits per heavy atom. The highest BCUT2D eigenvalue weighted by Gasteiger charge is 2.10. The first kappa shape index (κ1) is 11.1. The van der Waals surface area contributed by atoms with E-state index in [1.54, 1.807) is 19.2 Å². The number of fused-ring (bicyclic) bond motifs is 1. The monoisotopic (exact) mass is 279 g/mol. The molecule has 0 aliphatic rings. The Morgan fingerprint density at radius 3 is 2.88 bits per heavy atom. The summed E-state index contributed by atoms with van der Waals surface area (Å²) >= 11 is 3.16. The van der Waals surface area contributed by atoms with Gasteiger partial charge in [0.15, 0.2) is 5.78 Å². The standard InChI is InChI=1S/C12H10BrNO2/c1-16-11-6-5-8-3-2-4-9(10(15)7-13)12(8)14-11/h2-6H,7H2,1H3. The van der Waals surface area contributed by atoms with Gasteiger partial charge in [0, 0.05) is 17.0 Å². The van der Waals surface area contributed by atoms with Crippen LogP contribution in [0.2, 0.25) is 0 Å². The lowest BCUT2D eigenvalue weighted by atomic mass is 10.1. The minimum Gasteiger partial charge on any atom is -0.481 e. The van der Waals surface area contributed by atoms with Crippen molar-refractivity contribution < 1.29 is 9.53 Å². The van der Waals surface area contributed by atoms with Gasteiger partial charge in [0.2, 0.25) is 5.88 Å². The van der Waals surface area contributed by atoms with Gasteiger partial charge < -0.3 is 4.74 Å². The van der Waals surface area contributed by atoms with E-state index in [4.69, 9.17) is 4.74 Å². The lowest BCUT2D eigenvalue weighted by Gasteiger charge is -2.05. The number of benzene rings is 1. The van der Waals surface area contributed by atoms with Gasteiger partial charge in [-0.1, -0.05) is 28.1 Å². The number of nitrogens with zero attached hydrogens (tertiary/aromatic N) is 1. The van der Waals surface area contributed by atoms with Crippen LogP contribution >= 0.6 is 15.9 Å². The molecule has 4 heteroatoms. The zero-order valence-corrected chi connectivity index (χ0v) is 10.3. The van der Waals surface area contributed by atoms with Gasteiger partial charge in [0.1, 0.15) is 0 Å². The van der Waals surface area contributed by atoms with Crippen molar-refractivity contribution in [2.75, 3.05) is 12.4 Å². The quantitative estimate of drug-likeness (QED) is 0.641. The lowest BCUT2D eigenvalue weighted by molar-refractivity contribution is 0.102. The van der Waals surface area contributed by atoms with Crippen LogP contribution in [0.4, 0.5) is 0 Å². The molecular weight excluding hydrogens is 270 g/mol. The van der Waals surface area contributed by atoms with Crippen molar-refractivity contribution in [3.8, 4) is 5.88 Å². The summed E-state index contributed by atoms with van der Waals surface area (Å²) in [7, 11) is 1.56. The molecule has 2 aromatic rings. The Balaban J connectivity index is 2.68. The molecule has 0 unspecified atom stereocenters. The van der Waals surface area contributed by atoms with Crippen molar-refractivity contribution in [1.82, 2.24) is 4.98 Å². The summed E-state index contributed by atoms with van der Waals surface area (Å²) in [6.07, 6.45) is 0. The number of halogens is 1. The number of hydrogen-bond acceptors (Lipinski definition) is 3. The first-order valence-corrected chi connectivity index (χ1v) is 5.91. The SMILES string of the molecule is COc1ccc2cccc(C(=O)CBr)c2n1. The second kappa shape index (κ2) is 4.61. The molecule has 16 heavy (non-hydrogen) atoms. The maximum Gasteiger partial charge on any atom is 0.213 e. The molecule has 0 saturated carbocycles. The molecule has 2 rings (SSSR count). The van der Waals surface area contributed by atoms with E-state index in [2.05, 4.69) is 20.9 Å². The summed E-state index contributed by atoms with van der Waals surface area (Å²) in [5.41, 5.74) is 1.31. The Morgan fingerprint density at radius 1 is 1.38 bits per heavy atom. The Kier molecular flexibility index (Phi) is 3.19. The zero-order valence-electron chi connectivity index (χ0n) is 8.74. The van der Waals surface area contributed by atoms with Crippen LogP contribution in [0.1, 0.15) is 10.4 Å². The summed E-state index contributed by atoms with van der Waals surface area (Å²) in [4.78, 5) is 16.0. The van der Waals surface area contributed by atoms with E-state index in [9.17, 15) is 4.79 Å². The van der Waals surface area contributed by atoms with E-state index >= 15 is 0 Å². The number of rotatable bonds is 3. The van der Waals surface area contributed by atoms with Crippen LogP contribution in [0.5, 0.6) is 5.88 Å². The summed E-state index contributed by atoms with van der Waals surface area (Å²) in [5, 5.41) is 1.23. The summed E-state index contributed by atoms with van der Waals surface area (Å²) in [6, 6.07) is 9.23. The van der Waals surface area contributed by atoms with Crippen molar-refractivity contribution >= 4 is 32.6 Å². The molecule has 1 aromatic carbocycles. The molecule has 0 atom stereocenters. The fourth-order valence-electron chi connectivity index (χ4n) is 1.54. The first-order chi connectivity index (χ1) is 7.76. The van der Waals surface area contributed by atoms with Crippen LogP contribution in [0.3, 0.4) is 0 Å². The lowest BCUT2D eigenvalue weighted by Crippen LogP contribution is -2.02. The maximum atomic E-state index is 11.7. The van der Waals surface area contributed by atoms with E-state index in [-0.39, 0.29) is 5.78 Å². The average molecular weight is 280 g/mol. The van der Waals surface area contributed by atoms with Crippen LogP contribution in [0.15, 0.2) is 30.3 Å². The van der Waals surface area contributed by atoms with Gasteiger partial charge in [0.25, 0.3) is 0 Å². The number of para-hydroxylation sites is 1. The molecule has 0 aliphatic carbocycles. The molecule has 0 saturated heterocycles. The molecule has 82 valence electrons. The number of alkyl halides is 1. The predicted octanol–water partition coefficient (Wildman–Crippen LogP) is 2.82. The molecule has 0 N–H and O–H groups in total. The molecule has 0 bridgehead atoms. The molecular formula is C12H10BrNO2. The van der Waals surface area contributed by atoms with Gasteiger partial charge in [-0.25, -0.2) is 4.98 Å². The highest BCUT2D eigenvalue weighted by atomic mass is 79.9. The fraction of sp³-hybridized carbons (Fsp3) is 0.167. The number of hydrogen-bond donors (Lipinski definition) is 0. The van der Waals surface area contributed by atoms with Crippen LogP contribution in [-0.4, -0.2) is 23.2 Å². The van der Waals surface area contributed by atoms with E-state index in [0.29, 0.717) is 22.3 Å². The van der Waals surface area contributed by atoms with Crippen LogP contribution < -0.4 is 4.74 Å². The van der Waals surface area contributed by atoms with E-state index < -0.39 is 0 Å². The van der Waals surface area contributed by atoms with Gasteiger partial charge >= 0.3 is 0 Å². The number of ether oxygens (including phenoxy) is 1. The first-order valence-electron chi connectivity index (χ1n) is 4.79. The second-order valence-corrected chi connectivity index (χ2v) is 3.85. The molecule has 0 aliphatic heterocycles. The molecule has 1 aromatic heterocycles. The largest absolute Gasteiger partial charge is 0.481 e. The van der Waals surface area contributed by atoms with Crippen LogP contribution in [-0.2, 0) is 0 Å². The average Bonchev–Trinajstić information content (AvgIpc) is 2.36. The maximum absolute atomic E-state index is 11.7. The Labute approximate surface area is 102 Å². The van der Waals surface area contributed by atoms with Crippen molar-refractivity contribution in [1.29, 1.82) is 0 Å². The number of pyridine rings is 1. The second-order valence-electron chi connectivity index (χ2n) is 3.29. The van der Waals surface area contributed by atoms with Gasteiger partial charge in [-0.3, -0.25) is 4.79 Å². The number of aromatic nitrogens is 1. The van der Waals surface area contributed by atoms with Crippen LogP contribution in [0, 0.1) is 0 Å². The Hall–Kier alpha value is -1.42. The fourth-order valence-corrected chi connectivity index (χ4v) is 1.84. The van der Waals surface area contributed by atoms with Gasteiger partial charge in [-0.2, -0.15) is 0 Å². The molecule has 1 heterocycles. The zero-order chi connectivity index (χ0) is 11.5. The highest BCUT2D eigenvalue weighted by molar-refractivity contribution is 9.09. The summed E-state index contributed by atoms with van der Waals surface area (Å²) < 4.78 is 5.06. The number of carbonyl (C=O) groups is 1. The molecule has 0 spiro atoms. The van der Waals surface area contributed by atoms with E-state index in [1.165, 1.54) is 0 Å². The van der Waals surface area contributed by atoms with E-state index in [0.717, 1.165) is 5.39 Å². The van der Waals surface area contributed by atoms with Crippen LogP contribution in [0.25, 0.3) is 10.9 Å². The van der Waals surface area contributed by atoms with Crippen molar-refractivity contribution in [2.24, 2.45) is 0 Å². The third kappa shape index (κ3) is 1.93. The van der Waals surface area contributed by atoms with Gasteiger partial charge in [0.05, 0.1) is 18.0 Å². The minimum atomic E-state index is 0.0198. The van der Waals surface area contributed by atoms with Crippen molar-refractivity contribution in [3.63, 3.8) is 0 Å². The Bertz CT molecular complexity index is 540. The van der Waals surface area contributed by atoms with Crippen molar-refractivity contribution in [3.05, 3.63) is 35.9 Å². The molecule has 0 fully saturated rings. The van der Waals surface area contributed by atoms with Gasteiger partial charge in [-0.05, 0) is 12.1 Å². The smallest absolute Gasteiger partial charge is 0.213 e. The summed E-state index contributed by atoms with van der Waals surface area (Å²) in [6.45, 7) is 0. The topological polar surface area (TPSA) is 39.2 Å². The molecule has 0 amide bonds. The van der Waals surface area contributed by atoms with Crippen molar-refractivity contribution in [2.45, 2.75) is 0 Å². The van der Waals surface area contributed by atoms with E-state index in [1.807, 2.05) is 18.2 Å². The molecule has 3 nitrogen and oxygen atoms in total. The highest BCUT2D eigenvalue weighted by Crippen LogP contribution is 2.20. The minimum absolute atomic E-state index is 0.0198. The predicted molar refractivity (Wildman–Crippen MR) is 66.4 cm³/mol. The number of carbonyl (C=O) groups excluding carboxylic acids is 1. The molecule has 0 radical (unpaired) electrons. The van der Waals surface area contributed by atoms with Gasteiger partial charge in [-0.15, -0.1) is 0 Å². The summed E-state index contributed by atoms with van der Waals surface area (Å²) in [5.74, 6) is 0.536. The third-order valence-electron chi connectivity index (χ3n) is 2.33. The normalized spacial score (nSPS) is 10.4. The number of Topliss-reactive ketones (excluding diaryl/α,β-unsaturated/α-hetero) is 1. The number of ketones is 1.